The van der Waals surface area contributed by atoms with Crippen molar-refractivity contribution in [3.63, 3.8) is 0 Å². The summed E-state index contributed by atoms with van der Waals surface area (Å²) < 4.78 is 16.2. The maximum atomic E-state index is 13.5. The van der Waals surface area contributed by atoms with Crippen LogP contribution in [-0.2, 0) is 13.6 Å². The second kappa shape index (κ2) is 5.62. The molecule has 0 spiro atoms. The van der Waals surface area contributed by atoms with E-state index < -0.39 is 5.82 Å². The summed E-state index contributed by atoms with van der Waals surface area (Å²) >= 11 is 0. The number of rotatable bonds is 2. The van der Waals surface area contributed by atoms with Crippen LogP contribution in [0, 0.1) is 5.82 Å². The van der Waals surface area contributed by atoms with Gasteiger partial charge in [-0.05, 0) is 24.3 Å². The van der Waals surface area contributed by atoms with Gasteiger partial charge in [0.15, 0.2) is 0 Å². The molecule has 0 aliphatic rings. The smallest absolute Gasteiger partial charge is 0.274 e. The summed E-state index contributed by atoms with van der Waals surface area (Å²) in [4.78, 5) is 33.6. The number of aromatic nitrogens is 4. The number of benzene rings is 2. The molecule has 0 atom stereocenters. The van der Waals surface area contributed by atoms with Crippen LogP contribution < -0.4 is 11.1 Å². The zero-order chi connectivity index (χ0) is 17.6. The summed E-state index contributed by atoms with van der Waals surface area (Å²) in [5.41, 5.74) is 1.04. The predicted molar refractivity (Wildman–Crippen MR) is 92.0 cm³/mol. The lowest BCUT2D eigenvalue weighted by atomic mass is 10.2. The average molecular weight is 336 g/mol. The van der Waals surface area contributed by atoms with Crippen molar-refractivity contribution in [1.82, 2.24) is 19.1 Å². The highest BCUT2D eigenvalue weighted by molar-refractivity contribution is 5.77. The lowest BCUT2D eigenvalue weighted by Gasteiger charge is -2.10. The molecule has 0 saturated heterocycles. The van der Waals surface area contributed by atoms with Crippen molar-refractivity contribution in [1.29, 1.82) is 0 Å². The van der Waals surface area contributed by atoms with E-state index in [1.165, 1.54) is 33.7 Å². The number of halogens is 1. The minimum Gasteiger partial charge on any atom is -0.308 e. The Bertz CT molecular complexity index is 1240. The summed E-state index contributed by atoms with van der Waals surface area (Å²) in [6.45, 7) is -0.0320. The van der Waals surface area contributed by atoms with E-state index in [-0.39, 0.29) is 23.4 Å². The molecule has 7 heteroatoms. The summed E-state index contributed by atoms with van der Waals surface area (Å²) in [7, 11) is 1.59. The molecule has 4 aromatic rings. The van der Waals surface area contributed by atoms with Crippen LogP contribution in [0.25, 0.3) is 21.9 Å². The quantitative estimate of drug-likeness (QED) is 0.560. The van der Waals surface area contributed by atoms with Gasteiger partial charge in [-0.25, -0.2) is 14.4 Å². The van der Waals surface area contributed by atoms with Crippen LogP contribution >= 0.6 is 0 Å². The van der Waals surface area contributed by atoms with Crippen LogP contribution in [0.2, 0.25) is 0 Å². The minimum absolute atomic E-state index is 0.0320. The molecule has 0 amide bonds. The standard InChI is InChI=1S/C18H13FN4O2/c1-22-16-7-6-11(19)8-14(16)21-15(18(22)25)9-23-10-20-13-5-3-2-4-12(13)17(23)24/h2-8,10H,9H2,1H3. The molecular formula is C18H13FN4O2. The second-order valence-electron chi connectivity index (χ2n) is 5.75. The third-order valence-electron chi connectivity index (χ3n) is 4.16. The van der Waals surface area contributed by atoms with E-state index in [1.54, 1.807) is 31.3 Å². The molecule has 0 saturated carbocycles. The van der Waals surface area contributed by atoms with Crippen molar-refractivity contribution < 1.29 is 4.39 Å². The Kier molecular flexibility index (Phi) is 3.42. The Labute approximate surface area is 140 Å². The van der Waals surface area contributed by atoms with Gasteiger partial charge in [-0.3, -0.25) is 14.2 Å². The third-order valence-corrected chi connectivity index (χ3v) is 4.16. The van der Waals surface area contributed by atoms with Crippen molar-refractivity contribution in [2.24, 2.45) is 7.05 Å². The van der Waals surface area contributed by atoms with E-state index in [1.807, 2.05) is 0 Å². The van der Waals surface area contributed by atoms with E-state index in [9.17, 15) is 14.0 Å². The zero-order valence-electron chi connectivity index (χ0n) is 13.3. The van der Waals surface area contributed by atoms with E-state index in [0.29, 0.717) is 21.9 Å². The van der Waals surface area contributed by atoms with Crippen molar-refractivity contribution >= 4 is 21.9 Å². The Hall–Kier alpha value is -3.35. The zero-order valence-corrected chi connectivity index (χ0v) is 13.3. The van der Waals surface area contributed by atoms with Gasteiger partial charge in [-0.15, -0.1) is 0 Å². The minimum atomic E-state index is -0.436. The van der Waals surface area contributed by atoms with E-state index in [0.717, 1.165) is 0 Å². The van der Waals surface area contributed by atoms with Gasteiger partial charge >= 0.3 is 0 Å². The monoisotopic (exact) mass is 336 g/mol. The summed E-state index contributed by atoms with van der Waals surface area (Å²) in [5, 5.41) is 0.466. The molecule has 0 bridgehead atoms. The molecule has 2 heterocycles. The molecule has 0 radical (unpaired) electrons. The van der Waals surface area contributed by atoms with Crippen LogP contribution in [-0.4, -0.2) is 19.1 Å². The van der Waals surface area contributed by atoms with Gasteiger partial charge in [0.2, 0.25) is 0 Å². The highest BCUT2D eigenvalue weighted by atomic mass is 19.1. The summed E-state index contributed by atoms with van der Waals surface area (Å²) in [6.07, 6.45) is 1.39. The van der Waals surface area contributed by atoms with Crippen molar-refractivity contribution in [2.75, 3.05) is 0 Å². The van der Waals surface area contributed by atoms with E-state index in [2.05, 4.69) is 9.97 Å². The second-order valence-corrected chi connectivity index (χ2v) is 5.75. The first-order valence-corrected chi connectivity index (χ1v) is 7.64. The Morgan fingerprint density at radius 2 is 1.84 bits per heavy atom. The highest BCUT2D eigenvalue weighted by Crippen LogP contribution is 2.12. The first kappa shape index (κ1) is 15.2. The Morgan fingerprint density at radius 3 is 2.68 bits per heavy atom. The molecule has 6 nitrogen and oxygen atoms in total. The molecule has 0 fully saturated rings. The molecule has 2 aromatic carbocycles. The van der Waals surface area contributed by atoms with Crippen LogP contribution in [0.15, 0.2) is 58.4 Å². The largest absolute Gasteiger partial charge is 0.308 e. The molecule has 124 valence electrons. The maximum Gasteiger partial charge on any atom is 0.274 e. The molecule has 25 heavy (non-hydrogen) atoms. The van der Waals surface area contributed by atoms with Gasteiger partial charge in [0.05, 0.1) is 34.8 Å². The fourth-order valence-electron chi connectivity index (χ4n) is 2.85. The molecule has 0 aliphatic carbocycles. The number of hydrogen-bond acceptors (Lipinski definition) is 4. The lowest BCUT2D eigenvalue weighted by Crippen LogP contribution is -2.29. The maximum absolute atomic E-state index is 13.5. The SMILES string of the molecule is Cn1c(=O)c(Cn2cnc3ccccc3c2=O)nc2cc(F)ccc21. The predicted octanol–water partition coefficient (Wildman–Crippen LogP) is 1.83. The molecule has 0 aliphatic heterocycles. The van der Waals surface area contributed by atoms with Gasteiger partial charge in [0, 0.05) is 13.1 Å². The number of hydrogen-bond donors (Lipinski definition) is 0. The van der Waals surface area contributed by atoms with Crippen LogP contribution in [0.1, 0.15) is 5.69 Å². The van der Waals surface area contributed by atoms with Crippen molar-refractivity contribution in [2.45, 2.75) is 6.54 Å². The van der Waals surface area contributed by atoms with Gasteiger partial charge in [0.25, 0.3) is 11.1 Å². The summed E-state index contributed by atoms with van der Waals surface area (Å²) in [6, 6.07) is 11.0. The molecular weight excluding hydrogens is 323 g/mol. The van der Waals surface area contributed by atoms with Gasteiger partial charge < -0.3 is 4.57 Å². The van der Waals surface area contributed by atoms with Gasteiger partial charge in [-0.2, -0.15) is 0 Å². The molecule has 0 N–H and O–H groups in total. The van der Waals surface area contributed by atoms with Crippen molar-refractivity contribution in [3.8, 4) is 0 Å². The number of para-hydroxylation sites is 1. The fraction of sp³-hybridized carbons (Fsp3) is 0.111. The number of aryl methyl sites for hydroxylation is 1. The normalized spacial score (nSPS) is 11.3. The fourth-order valence-corrected chi connectivity index (χ4v) is 2.85. The molecule has 0 unspecified atom stereocenters. The first-order chi connectivity index (χ1) is 12.0. The van der Waals surface area contributed by atoms with Crippen molar-refractivity contribution in [3.05, 3.63) is 81.0 Å². The van der Waals surface area contributed by atoms with Gasteiger partial charge in [0.1, 0.15) is 11.5 Å². The third kappa shape index (κ3) is 2.50. The van der Waals surface area contributed by atoms with Crippen LogP contribution in [0.5, 0.6) is 0 Å². The summed E-state index contributed by atoms with van der Waals surface area (Å²) in [5.74, 6) is -0.436. The van der Waals surface area contributed by atoms with E-state index >= 15 is 0 Å². The molecule has 2 aromatic heterocycles. The van der Waals surface area contributed by atoms with Crippen LogP contribution in [0.3, 0.4) is 0 Å². The van der Waals surface area contributed by atoms with E-state index in [4.69, 9.17) is 0 Å². The van der Waals surface area contributed by atoms with Gasteiger partial charge in [-0.1, -0.05) is 12.1 Å². The number of fused-ring (bicyclic) bond motifs is 2. The molecule has 4 rings (SSSR count). The van der Waals surface area contributed by atoms with Crippen LogP contribution in [0.4, 0.5) is 4.39 Å². The average Bonchev–Trinajstić information content (AvgIpc) is 2.61. The first-order valence-electron chi connectivity index (χ1n) is 7.64. The Balaban J connectivity index is 1.89. The lowest BCUT2D eigenvalue weighted by molar-refractivity contribution is 0.628. The number of nitrogens with zero attached hydrogens (tertiary/aromatic N) is 4. The topological polar surface area (TPSA) is 69.8 Å². The highest BCUT2D eigenvalue weighted by Gasteiger charge is 2.12. The Morgan fingerprint density at radius 1 is 1.04 bits per heavy atom.